The third kappa shape index (κ3) is 3.38. The summed E-state index contributed by atoms with van der Waals surface area (Å²) >= 11 is 3.40. The predicted molar refractivity (Wildman–Crippen MR) is 79.4 cm³/mol. The molecule has 1 atom stereocenters. The summed E-state index contributed by atoms with van der Waals surface area (Å²) in [6, 6.07) is 6.20. The molecule has 18 heavy (non-hydrogen) atoms. The average molecular weight is 314 g/mol. The van der Waals surface area contributed by atoms with Gasteiger partial charge in [-0.15, -0.1) is 0 Å². The van der Waals surface area contributed by atoms with E-state index in [9.17, 15) is 0 Å². The zero-order valence-electron chi connectivity index (χ0n) is 11.0. The predicted octanol–water partition coefficient (Wildman–Crippen LogP) is 3.17. The first-order valence-electron chi connectivity index (χ1n) is 6.01. The fourth-order valence-electron chi connectivity index (χ4n) is 1.92. The van der Waals surface area contributed by atoms with Crippen molar-refractivity contribution < 1.29 is 5.21 Å². The smallest absolute Gasteiger partial charge is 0.172 e. The van der Waals surface area contributed by atoms with E-state index in [-0.39, 0.29) is 5.84 Å². The standard InChI is InChI=1S/C13H20BrN3O/c1-4-5-9(2)17(3)12-7-6-10(14)8-11(12)13(15)16-18/h6-9,18H,4-5H2,1-3H3,(H2,15,16). The van der Waals surface area contributed by atoms with Crippen LogP contribution < -0.4 is 10.6 Å². The molecule has 0 amide bonds. The fourth-order valence-corrected chi connectivity index (χ4v) is 2.28. The molecule has 5 heteroatoms. The van der Waals surface area contributed by atoms with E-state index in [2.05, 4.69) is 39.8 Å². The Morgan fingerprint density at radius 2 is 2.22 bits per heavy atom. The lowest BCUT2D eigenvalue weighted by molar-refractivity contribution is 0.318. The molecule has 3 N–H and O–H groups in total. The molecular weight excluding hydrogens is 294 g/mol. The Labute approximate surface area is 117 Å². The van der Waals surface area contributed by atoms with E-state index in [1.54, 1.807) is 0 Å². The van der Waals surface area contributed by atoms with Gasteiger partial charge in [0, 0.05) is 28.8 Å². The van der Waals surface area contributed by atoms with Gasteiger partial charge in [0.1, 0.15) is 0 Å². The second kappa shape index (κ2) is 6.64. The van der Waals surface area contributed by atoms with E-state index < -0.39 is 0 Å². The highest BCUT2D eigenvalue weighted by molar-refractivity contribution is 9.10. The van der Waals surface area contributed by atoms with E-state index in [0.717, 1.165) is 28.6 Å². The first-order valence-corrected chi connectivity index (χ1v) is 6.80. The quantitative estimate of drug-likeness (QED) is 0.380. The Morgan fingerprint density at radius 3 is 2.78 bits per heavy atom. The molecule has 0 aliphatic heterocycles. The highest BCUT2D eigenvalue weighted by Crippen LogP contribution is 2.26. The second-order valence-electron chi connectivity index (χ2n) is 4.40. The molecule has 0 spiro atoms. The maximum Gasteiger partial charge on any atom is 0.172 e. The molecule has 0 aliphatic carbocycles. The number of benzene rings is 1. The zero-order valence-corrected chi connectivity index (χ0v) is 12.6. The van der Waals surface area contributed by atoms with Crippen molar-refractivity contribution in [2.75, 3.05) is 11.9 Å². The lowest BCUT2D eigenvalue weighted by Gasteiger charge is -2.28. The lowest BCUT2D eigenvalue weighted by Crippen LogP contribution is -2.31. The van der Waals surface area contributed by atoms with Crippen LogP contribution in [0.25, 0.3) is 0 Å². The molecule has 100 valence electrons. The Bertz CT molecular complexity index is 434. The average Bonchev–Trinajstić information content (AvgIpc) is 2.37. The summed E-state index contributed by atoms with van der Waals surface area (Å²) in [5.74, 6) is 0.127. The molecule has 1 rings (SSSR count). The normalized spacial score (nSPS) is 13.4. The van der Waals surface area contributed by atoms with Gasteiger partial charge in [0.15, 0.2) is 5.84 Å². The van der Waals surface area contributed by atoms with E-state index in [1.807, 2.05) is 25.2 Å². The minimum absolute atomic E-state index is 0.127. The van der Waals surface area contributed by atoms with E-state index in [4.69, 9.17) is 10.9 Å². The van der Waals surface area contributed by atoms with E-state index in [1.165, 1.54) is 0 Å². The molecule has 0 aliphatic rings. The summed E-state index contributed by atoms with van der Waals surface area (Å²) in [4.78, 5) is 2.16. The number of rotatable bonds is 5. The van der Waals surface area contributed by atoms with E-state index in [0.29, 0.717) is 6.04 Å². The Kier molecular flexibility index (Phi) is 5.47. The summed E-state index contributed by atoms with van der Waals surface area (Å²) in [5.41, 5.74) is 7.43. The second-order valence-corrected chi connectivity index (χ2v) is 5.31. The van der Waals surface area contributed by atoms with Crippen molar-refractivity contribution >= 4 is 27.5 Å². The van der Waals surface area contributed by atoms with Gasteiger partial charge in [-0.1, -0.05) is 34.4 Å². The highest BCUT2D eigenvalue weighted by Gasteiger charge is 2.15. The zero-order chi connectivity index (χ0) is 13.7. The number of nitrogens with two attached hydrogens (primary N) is 1. The van der Waals surface area contributed by atoms with Crippen LogP contribution in [0.3, 0.4) is 0 Å². The molecule has 1 aromatic rings. The maximum absolute atomic E-state index is 8.86. The van der Waals surface area contributed by atoms with Crippen LogP contribution in [0.1, 0.15) is 32.3 Å². The van der Waals surface area contributed by atoms with Gasteiger partial charge in [0.2, 0.25) is 0 Å². The van der Waals surface area contributed by atoms with Crippen LogP contribution >= 0.6 is 15.9 Å². The van der Waals surface area contributed by atoms with Gasteiger partial charge in [-0.25, -0.2) is 0 Å². The lowest BCUT2D eigenvalue weighted by atomic mass is 10.1. The van der Waals surface area contributed by atoms with Gasteiger partial charge >= 0.3 is 0 Å². The Hall–Kier alpha value is -1.23. The van der Waals surface area contributed by atoms with Crippen molar-refractivity contribution in [3.05, 3.63) is 28.2 Å². The van der Waals surface area contributed by atoms with Gasteiger partial charge in [-0.3, -0.25) is 0 Å². The number of hydrogen-bond acceptors (Lipinski definition) is 3. The van der Waals surface area contributed by atoms with Crippen LogP contribution in [0.4, 0.5) is 5.69 Å². The Morgan fingerprint density at radius 1 is 1.56 bits per heavy atom. The summed E-state index contributed by atoms with van der Waals surface area (Å²) in [6.07, 6.45) is 2.23. The third-order valence-corrected chi connectivity index (χ3v) is 3.58. The third-order valence-electron chi connectivity index (χ3n) is 3.09. The minimum Gasteiger partial charge on any atom is -0.409 e. The van der Waals surface area contributed by atoms with Crippen LogP contribution in [0.15, 0.2) is 27.8 Å². The summed E-state index contributed by atoms with van der Waals surface area (Å²) in [5, 5.41) is 12.0. The fraction of sp³-hybridized carbons (Fsp3) is 0.462. The summed E-state index contributed by atoms with van der Waals surface area (Å²) in [7, 11) is 2.03. The van der Waals surface area contributed by atoms with E-state index >= 15 is 0 Å². The number of amidine groups is 1. The first kappa shape index (κ1) is 14.8. The first-order chi connectivity index (χ1) is 8.51. The molecule has 0 fully saturated rings. The topological polar surface area (TPSA) is 61.8 Å². The van der Waals surface area contributed by atoms with Crippen molar-refractivity contribution in [3.63, 3.8) is 0 Å². The molecule has 0 saturated carbocycles. The van der Waals surface area contributed by atoms with Crippen LogP contribution in [0.2, 0.25) is 0 Å². The minimum atomic E-state index is 0.127. The number of anilines is 1. The maximum atomic E-state index is 8.86. The van der Waals surface area contributed by atoms with Gasteiger partial charge in [0.25, 0.3) is 0 Å². The molecular formula is C13H20BrN3O. The molecule has 0 saturated heterocycles. The molecule has 0 heterocycles. The molecule has 0 radical (unpaired) electrons. The van der Waals surface area contributed by atoms with Crippen molar-refractivity contribution in [3.8, 4) is 0 Å². The number of halogens is 1. The highest BCUT2D eigenvalue weighted by atomic mass is 79.9. The van der Waals surface area contributed by atoms with Crippen LogP contribution in [-0.4, -0.2) is 24.1 Å². The summed E-state index contributed by atoms with van der Waals surface area (Å²) < 4.78 is 0.907. The molecule has 0 bridgehead atoms. The summed E-state index contributed by atoms with van der Waals surface area (Å²) in [6.45, 7) is 4.33. The van der Waals surface area contributed by atoms with Gasteiger partial charge in [-0.05, 0) is 31.5 Å². The number of nitrogens with zero attached hydrogens (tertiary/aromatic N) is 2. The monoisotopic (exact) mass is 313 g/mol. The van der Waals surface area contributed by atoms with Crippen molar-refractivity contribution in [1.29, 1.82) is 0 Å². The largest absolute Gasteiger partial charge is 0.409 e. The van der Waals surface area contributed by atoms with Gasteiger partial charge in [-0.2, -0.15) is 0 Å². The van der Waals surface area contributed by atoms with Crippen molar-refractivity contribution in [2.45, 2.75) is 32.7 Å². The molecule has 4 nitrogen and oxygen atoms in total. The molecule has 0 aromatic heterocycles. The number of hydrogen-bond donors (Lipinski definition) is 2. The SMILES string of the molecule is CCCC(C)N(C)c1ccc(Br)cc1/C(N)=N/O. The van der Waals surface area contributed by atoms with Gasteiger partial charge in [0.05, 0.1) is 0 Å². The van der Waals surface area contributed by atoms with Crippen LogP contribution in [-0.2, 0) is 0 Å². The van der Waals surface area contributed by atoms with Crippen LogP contribution in [0.5, 0.6) is 0 Å². The molecule has 1 aromatic carbocycles. The van der Waals surface area contributed by atoms with Crippen molar-refractivity contribution in [1.82, 2.24) is 0 Å². The number of oxime groups is 1. The van der Waals surface area contributed by atoms with Gasteiger partial charge < -0.3 is 15.8 Å². The Balaban J connectivity index is 3.15. The van der Waals surface area contributed by atoms with Crippen molar-refractivity contribution in [2.24, 2.45) is 10.9 Å². The molecule has 1 unspecified atom stereocenters. The van der Waals surface area contributed by atoms with Crippen LogP contribution in [0, 0.1) is 0 Å².